The molecule has 1 fully saturated rings. The molecule has 0 atom stereocenters. The summed E-state index contributed by atoms with van der Waals surface area (Å²) in [6.45, 7) is 4.08. The minimum Gasteiger partial charge on any atom is -0.352 e. The normalized spacial score (nSPS) is 14.9. The van der Waals surface area contributed by atoms with E-state index in [2.05, 4.69) is 16.3 Å². The average Bonchev–Trinajstić information content (AvgIpc) is 3.00. The molecule has 0 aliphatic carbocycles. The summed E-state index contributed by atoms with van der Waals surface area (Å²) in [6, 6.07) is 17.1. The van der Waals surface area contributed by atoms with Crippen LogP contribution in [0.4, 0.5) is 0 Å². The van der Waals surface area contributed by atoms with Gasteiger partial charge < -0.3 is 10.2 Å². The number of nitriles is 1. The molecule has 1 heterocycles. The number of nitrogens with one attached hydrogen (secondary N) is 1. The van der Waals surface area contributed by atoms with Crippen LogP contribution in [0.25, 0.3) is 11.1 Å². The summed E-state index contributed by atoms with van der Waals surface area (Å²) in [5, 5.41) is 12.4. The highest BCUT2D eigenvalue weighted by atomic mass is 16.1. The van der Waals surface area contributed by atoms with Crippen LogP contribution in [0.2, 0.25) is 0 Å². The van der Waals surface area contributed by atoms with E-state index in [9.17, 15) is 10.1 Å². The molecular weight excluding hydrogens is 334 g/mol. The smallest absolute Gasteiger partial charge is 0.251 e. The summed E-state index contributed by atoms with van der Waals surface area (Å²) in [4.78, 5) is 15.2. The van der Waals surface area contributed by atoms with Gasteiger partial charge in [-0.1, -0.05) is 49.2 Å². The molecule has 1 saturated heterocycles. The van der Waals surface area contributed by atoms with Crippen LogP contribution in [0, 0.1) is 11.3 Å². The predicted octanol–water partition coefficient (Wildman–Crippen LogP) is 4.22. The Balaban J connectivity index is 1.61. The summed E-state index contributed by atoms with van der Waals surface area (Å²) in [7, 11) is 0. The highest BCUT2D eigenvalue weighted by Crippen LogP contribution is 2.26. The van der Waals surface area contributed by atoms with Crippen molar-refractivity contribution in [3.63, 3.8) is 0 Å². The number of amides is 1. The van der Waals surface area contributed by atoms with Gasteiger partial charge in [0, 0.05) is 17.7 Å². The van der Waals surface area contributed by atoms with E-state index < -0.39 is 0 Å². The van der Waals surface area contributed by atoms with Gasteiger partial charge in [-0.05, 0) is 56.6 Å². The zero-order chi connectivity index (χ0) is 18.9. The summed E-state index contributed by atoms with van der Waals surface area (Å²) < 4.78 is 0. The molecule has 0 aromatic heterocycles. The monoisotopic (exact) mass is 361 g/mol. The van der Waals surface area contributed by atoms with Crippen LogP contribution >= 0.6 is 0 Å². The first kappa shape index (κ1) is 19.1. The van der Waals surface area contributed by atoms with Gasteiger partial charge >= 0.3 is 0 Å². The van der Waals surface area contributed by atoms with E-state index >= 15 is 0 Å². The number of benzene rings is 2. The van der Waals surface area contributed by atoms with Crippen molar-refractivity contribution in [2.75, 3.05) is 26.2 Å². The fourth-order valence-electron chi connectivity index (χ4n) is 3.69. The van der Waals surface area contributed by atoms with Gasteiger partial charge in [0.15, 0.2) is 0 Å². The Morgan fingerprint density at radius 2 is 1.63 bits per heavy atom. The first-order valence-electron chi connectivity index (χ1n) is 9.88. The Labute approximate surface area is 161 Å². The lowest BCUT2D eigenvalue weighted by molar-refractivity contribution is 0.0952. The molecule has 0 spiro atoms. The van der Waals surface area contributed by atoms with Crippen LogP contribution in [0.15, 0.2) is 48.5 Å². The third-order valence-electron chi connectivity index (χ3n) is 5.14. The van der Waals surface area contributed by atoms with Crippen molar-refractivity contribution in [1.29, 1.82) is 5.26 Å². The highest BCUT2D eigenvalue weighted by molar-refractivity contribution is 6.01. The lowest BCUT2D eigenvalue weighted by Crippen LogP contribution is -2.30. The molecule has 0 unspecified atom stereocenters. The number of hydrogen-bond donors (Lipinski definition) is 1. The second-order valence-corrected chi connectivity index (χ2v) is 7.07. The van der Waals surface area contributed by atoms with Crippen LogP contribution < -0.4 is 5.32 Å². The molecule has 0 bridgehead atoms. The number of rotatable bonds is 6. The second kappa shape index (κ2) is 9.89. The first-order chi connectivity index (χ1) is 13.3. The van der Waals surface area contributed by atoms with Gasteiger partial charge in [-0.3, -0.25) is 4.79 Å². The molecule has 27 heavy (non-hydrogen) atoms. The molecule has 140 valence electrons. The van der Waals surface area contributed by atoms with Crippen LogP contribution in [0.3, 0.4) is 0 Å². The Bertz CT molecular complexity index is 801. The van der Waals surface area contributed by atoms with Crippen molar-refractivity contribution in [2.24, 2.45) is 0 Å². The fourth-order valence-corrected chi connectivity index (χ4v) is 3.69. The Morgan fingerprint density at radius 3 is 2.37 bits per heavy atom. The Kier molecular flexibility index (Phi) is 7.01. The Hall–Kier alpha value is -2.64. The van der Waals surface area contributed by atoms with E-state index in [-0.39, 0.29) is 5.91 Å². The third-order valence-corrected chi connectivity index (χ3v) is 5.14. The number of carbonyl (C=O) groups is 1. The first-order valence-corrected chi connectivity index (χ1v) is 9.88. The minimum atomic E-state index is -0.0748. The van der Waals surface area contributed by atoms with E-state index in [1.54, 1.807) is 6.07 Å². The van der Waals surface area contributed by atoms with Gasteiger partial charge in [0.05, 0.1) is 11.6 Å². The largest absolute Gasteiger partial charge is 0.352 e. The molecule has 4 nitrogen and oxygen atoms in total. The zero-order valence-electron chi connectivity index (χ0n) is 15.8. The molecular formula is C23H27N3O. The summed E-state index contributed by atoms with van der Waals surface area (Å²) in [5.74, 6) is -0.0748. The van der Waals surface area contributed by atoms with Crippen molar-refractivity contribution in [2.45, 2.75) is 32.1 Å². The lowest BCUT2D eigenvalue weighted by atomic mass is 9.95. The van der Waals surface area contributed by atoms with Gasteiger partial charge in [0.1, 0.15) is 0 Å². The van der Waals surface area contributed by atoms with Crippen molar-refractivity contribution in [1.82, 2.24) is 10.2 Å². The summed E-state index contributed by atoms with van der Waals surface area (Å²) >= 11 is 0. The van der Waals surface area contributed by atoms with E-state index in [4.69, 9.17) is 0 Å². The van der Waals surface area contributed by atoms with Crippen molar-refractivity contribution >= 4 is 5.91 Å². The van der Waals surface area contributed by atoms with Gasteiger partial charge in [-0.2, -0.15) is 5.26 Å². The molecule has 0 radical (unpaired) electrons. The highest BCUT2D eigenvalue weighted by Gasteiger charge is 2.14. The van der Waals surface area contributed by atoms with Crippen molar-refractivity contribution in [3.05, 3.63) is 59.7 Å². The van der Waals surface area contributed by atoms with Crippen LogP contribution in [0.1, 0.15) is 48.0 Å². The molecule has 2 aromatic rings. The van der Waals surface area contributed by atoms with Crippen LogP contribution in [-0.4, -0.2) is 37.0 Å². The van der Waals surface area contributed by atoms with Crippen LogP contribution in [-0.2, 0) is 0 Å². The molecule has 1 amide bonds. The van der Waals surface area contributed by atoms with E-state index in [0.29, 0.717) is 17.7 Å². The number of nitrogens with zero attached hydrogens (tertiary/aromatic N) is 2. The predicted molar refractivity (Wildman–Crippen MR) is 108 cm³/mol. The molecule has 1 aliphatic heterocycles. The minimum absolute atomic E-state index is 0.0748. The second-order valence-electron chi connectivity index (χ2n) is 7.07. The maximum Gasteiger partial charge on any atom is 0.251 e. The third kappa shape index (κ3) is 5.18. The number of likely N-dealkylation sites (tertiary alicyclic amines) is 1. The molecule has 4 heteroatoms. The maximum absolute atomic E-state index is 12.7. The topological polar surface area (TPSA) is 56.1 Å². The Morgan fingerprint density at radius 1 is 0.963 bits per heavy atom. The van der Waals surface area contributed by atoms with E-state index in [0.717, 1.165) is 24.1 Å². The fraction of sp³-hybridized carbons (Fsp3) is 0.391. The standard InChI is InChI=1S/C23H27N3O/c24-18-19-10-3-4-11-20(19)21-12-5-6-13-22(21)23(27)25-14-9-17-26-15-7-1-2-8-16-26/h3-6,10-13H,1-2,7-9,14-17H2,(H,25,27). The zero-order valence-corrected chi connectivity index (χ0v) is 15.8. The molecule has 3 rings (SSSR count). The van der Waals surface area contributed by atoms with Crippen molar-refractivity contribution < 1.29 is 4.79 Å². The van der Waals surface area contributed by atoms with Gasteiger partial charge in [0.25, 0.3) is 5.91 Å². The van der Waals surface area contributed by atoms with Gasteiger partial charge in [-0.25, -0.2) is 0 Å². The molecule has 1 aliphatic rings. The number of carbonyl (C=O) groups excluding carboxylic acids is 1. The summed E-state index contributed by atoms with van der Waals surface area (Å²) in [5.41, 5.74) is 2.81. The molecule has 0 saturated carbocycles. The maximum atomic E-state index is 12.7. The van der Waals surface area contributed by atoms with Gasteiger partial charge in [0.2, 0.25) is 0 Å². The van der Waals surface area contributed by atoms with Crippen LogP contribution in [0.5, 0.6) is 0 Å². The SMILES string of the molecule is N#Cc1ccccc1-c1ccccc1C(=O)NCCCN1CCCCCC1. The lowest BCUT2D eigenvalue weighted by Gasteiger charge is -2.19. The van der Waals surface area contributed by atoms with Crippen molar-refractivity contribution in [3.8, 4) is 17.2 Å². The number of hydrogen-bond acceptors (Lipinski definition) is 3. The summed E-state index contributed by atoms with van der Waals surface area (Å²) in [6.07, 6.45) is 6.22. The van der Waals surface area contributed by atoms with E-state index in [1.165, 1.54) is 38.8 Å². The average molecular weight is 361 g/mol. The molecule has 1 N–H and O–H groups in total. The quantitative estimate of drug-likeness (QED) is 0.784. The van der Waals surface area contributed by atoms with E-state index in [1.807, 2.05) is 42.5 Å². The van der Waals surface area contributed by atoms with Gasteiger partial charge in [-0.15, -0.1) is 0 Å². The molecule has 2 aromatic carbocycles.